The molecule has 0 aliphatic heterocycles. The number of hydrogen-bond donors (Lipinski definition) is 2. The maximum atomic E-state index is 6.10. The Balaban J connectivity index is 1.34. The molecule has 0 amide bonds. The molecule has 0 bridgehead atoms. The van der Waals surface area contributed by atoms with E-state index in [1.807, 2.05) is 77.4 Å². The lowest BCUT2D eigenvalue weighted by Crippen LogP contribution is -2.11. The van der Waals surface area contributed by atoms with Gasteiger partial charge in [-0.05, 0) is 47.4 Å². The summed E-state index contributed by atoms with van der Waals surface area (Å²) in [4.78, 5) is 13.1. The number of rotatable bonds is 9. The van der Waals surface area contributed by atoms with Crippen molar-refractivity contribution in [2.75, 3.05) is 11.1 Å². The number of nitrogens with zero attached hydrogens (tertiary/aromatic N) is 6. The van der Waals surface area contributed by atoms with E-state index in [-0.39, 0.29) is 18.0 Å². The molecule has 0 saturated carbocycles. The van der Waals surface area contributed by atoms with Gasteiger partial charge in [0.05, 0.1) is 5.75 Å². The average Bonchev–Trinajstić information content (AvgIpc) is 3.34. The molecule has 0 atom stereocenters. The molecule has 198 valence electrons. The molecule has 3 N–H and O–H groups in total. The van der Waals surface area contributed by atoms with Crippen LogP contribution in [-0.4, -0.2) is 29.7 Å². The summed E-state index contributed by atoms with van der Waals surface area (Å²) in [5, 5.41) is 12.8. The van der Waals surface area contributed by atoms with Gasteiger partial charge < -0.3 is 15.8 Å². The summed E-state index contributed by atoms with van der Waals surface area (Å²) in [5.41, 5.74) is 9.11. The Bertz CT molecular complexity index is 1520. The van der Waals surface area contributed by atoms with E-state index in [9.17, 15) is 0 Å². The third-order valence-electron chi connectivity index (χ3n) is 5.86. The van der Waals surface area contributed by atoms with E-state index in [1.54, 1.807) is 0 Å². The van der Waals surface area contributed by atoms with E-state index in [0.717, 1.165) is 17.1 Å². The first-order chi connectivity index (χ1) is 18.8. The molecule has 0 unspecified atom stereocenters. The zero-order valence-electron chi connectivity index (χ0n) is 22.1. The van der Waals surface area contributed by atoms with Crippen LogP contribution in [0.1, 0.15) is 38.0 Å². The molecular formula is C29H30N8OS. The van der Waals surface area contributed by atoms with Gasteiger partial charge in [0.2, 0.25) is 11.9 Å². The molecular weight excluding hydrogens is 508 g/mol. The highest BCUT2D eigenvalue weighted by atomic mass is 32.2. The van der Waals surface area contributed by atoms with Gasteiger partial charge in [0, 0.05) is 11.4 Å². The van der Waals surface area contributed by atoms with E-state index >= 15 is 0 Å². The van der Waals surface area contributed by atoms with Crippen LogP contribution in [0, 0.1) is 0 Å². The lowest BCUT2D eigenvalue weighted by molar-refractivity contribution is 0.292. The maximum Gasteiger partial charge on any atom is 0.232 e. The van der Waals surface area contributed by atoms with Crippen LogP contribution >= 0.6 is 11.8 Å². The molecule has 5 rings (SSSR count). The van der Waals surface area contributed by atoms with Crippen molar-refractivity contribution in [2.24, 2.45) is 0 Å². The van der Waals surface area contributed by atoms with Crippen molar-refractivity contribution in [2.45, 2.75) is 43.7 Å². The summed E-state index contributed by atoms with van der Waals surface area (Å²) < 4.78 is 8.08. The standard InChI is InChI=1S/C29H30N8OS/c1-29(2,3)20-14-16-23(17-15-20)38-18-25-35-36-28(37(25)22-12-8-5-9-13-22)39-19-24-32-26(30)34-27(33-24)31-21-10-6-4-7-11-21/h4-17H,18-19H2,1-3H3,(H3,30,31,32,33,34). The smallest absolute Gasteiger partial charge is 0.232 e. The highest BCUT2D eigenvalue weighted by Crippen LogP contribution is 2.27. The first-order valence-electron chi connectivity index (χ1n) is 12.5. The average molecular weight is 539 g/mol. The van der Waals surface area contributed by atoms with Gasteiger partial charge in [0.1, 0.15) is 18.2 Å². The van der Waals surface area contributed by atoms with Crippen molar-refractivity contribution >= 4 is 29.3 Å². The van der Waals surface area contributed by atoms with Crippen molar-refractivity contribution in [1.82, 2.24) is 29.7 Å². The van der Waals surface area contributed by atoms with Crippen LogP contribution in [0.2, 0.25) is 0 Å². The second-order valence-electron chi connectivity index (χ2n) is 9.85. The highest BCUT2D eigenvalue weighted by molar-refractivity contribution is 7.98. The molecule has 0 saturated heterocycles. The fourth-order valence-electron chi connectivity index (χ4n) is 3.86. The summed E-state index contributed by atoms with van der Waals surface area (Å²) in [6.07, 6.45) is 0. The summed E-state index contributed by atoms with van der Waals surface area (Å²) in [6.45, 7) is 6.84. The molecule has 9 nitrogen and oxygen atoms in total. The van der Waals surface area contributed by atoms with Gasteiger partial charge in [-0.2, -0.15) is 15.0 Å². The van der Waals surface area contributed by atoms with Gasteiger partial charge in [0.15, 0.2) is 11.0 Å². The van der Waals surface area contributed by atoms with Crippen molar-refractivity contribution in [3.05, 3.63) is 102 Å². The fraction of sp³-hybridized carbons (Fsp3) is 0.207. The molecule has 3 aromatic carbocycles. The number of ether oxygens (including phenoxy) is 1. The number of aromatic nitrogens is 6. The number of anilines is 3. The van der Waals surface area contributed by atoms with E-state index in [4.69, 9.17) is 10.5 Å². The first kappa shape index (κ1) is 26.2. The molecule has 10 heteroatoms. The van der Waals surface area contributed by atoms with Gasteiger partial charge in [-0.25, -0.2) is 0 Å². The third-order valence-corrected chi connectivity index (χ3v) is 6.79. The van der Waals surface area contributed by atoms with E-state index in [2.05, 4.69) is 63.4 Å². The number of nitrogens with two attached hydrogens (primary N) is 1. The van der Waals surface area contributed by atoms with Crippen LogP contribution in [0.15, 0.2) is 90.1 Å². The van der Waals surface area contributed by atoms with Crippen LogP contribution in [-0.2, 0) is 17.8 Å². The molecule has 0 aliphatic carbocycles. The summed E-state index contributed by atoms with van der Waals surface area (Å²) in [6, 6.07) is 27.8. The number of thioether (sulfide) groups is 1. The Hall–Kier alpha value is -4.44. The fourth-order valence-corrected chi connectivity index (χ4v) is 4.69. The molecule has 0 spiro atoms. The maximum absolute atomic E-state index is 6.10. The van der Waals surface area contributed by atoms with Crippen molar-refractivity contribution in [3.8, 4) is 11.4 Å². The molecule has 0 fully saturated rings. The van der Waals surface area contributed by atoms with E-state index in [1.165, 1.54) is 17.3 Å². The molecule has 2 aromatic heterocycles. The van der Waals surface area contributed by atoms with Crippen LogP contribution in [0.4, 0.5) is 17.6 Å². The molecule has 2 heterocycles. The SMILES string of the molecule is CC(C)(C)c1ccc(OCc2nnc(SCc3nc(N)nc(Nc4ccccc4)n3)n2-c2ccccc2)cc1. The summed E-state index contributed by atoms with van der Waals surface area (Å²) >= 11 is 1.46. The minimum atomic E-state index is 0.0830. The van der Waals surface area contributed by atoms with Crippen LogP contribution in [0.5, 0.6) is 5.75 Å². The second-order valence-corrected chi connectivity index (χ2v) is 10.8. The van der Waals surface area contributed by atoms with Gasteiger partial charge >= 0.3 is 0 Å². The quantitative estimate of drug-likeness (QED) is 0.220. The Morgan fingerprint density at radius 2 is 1.54 bits per heavy atom. The third kappa shape index (κ3) is 6.71. The number of hydrogen-bond acceptors (Lipinski definition) is 9. The molecule has 39 heavy (non-hydrogen) atoms. The van der Waals surface area contributed by atoms with Gasteiger partial charge in [0.25, 0.3) is 0 Å². The summed E-state index contributed by atoms with van der Waals surface area (Å²) in [5.74, 6) is 2.96. The van der Waals surface area contributed by atoms with Gasteiger partial charge in [-0.15, -0.1) is 10.2 Å². The molecule has 0 radical (unpaired) electrons. The van der Waals surface area contributed by atoms with Crippen molar-refractivity contribution in [1.29, 1.82) is 0 Å². The Labute approximate surface area is 231 Å². The van der Waals surface area contributed by atoms with Crippen molar-refractivity contribution < 1.29 is 4.74 Å². The van der Waals surface area contributed by atoms with Crippen LogP contribution < -0.4 is 15.8 Å². The number of nitrogens with one attached hydrogen (secondary N) is 1. The minimum absolute atomic E-state index is 0.0830. The monoisotopic (exact) mass is 538 g/mol. The lowest BCUT2D eigenvalue weighted by atomic mass is 9.87. The lowest BCUT2D eigenvalue weighted by Gasteiger charge is -2.19. The zero-order chi connectivity index (χ0) is 27.2. The number of benzene rings is 3. The molecule has 0 aliphatic rings. The second kappa shape index (κ2) is 11.5. The van der Waals surface area contributed by atoms with Crippen LogP contribution in [0.3, 0.4) is 0 Å². The number of nitrogen functional groups attached to an aromatic ring is 1. The Kier molecular flexibility index (Phi) is 7.74. The summed E-state index contributed by atoms with van der Waals surface area (Å²) in [7, 11) is 0. The Morgan fingerprint density at radius 3 is 2.23 bits per heavy atom. The molecule has 5 aromatic rings. The minimum Gasteiger partial charge on any atom is -0.486 e. The first-order valence-corrected chi connectivity index (χ1v) is 13.5. The topological polar surface area (TPSA) is 117 Å². The normalized spacial score (nSPS) is 11.4. The Morgan fingerprint density at radius 1 is 0.846 bits per heavy atom. The predicted octanol–water partition coefficient (Wildman–Crippen LogP) is 5.95. The van der Waals surface area contributed by atoms with Gasteiger partial charge in [-0.3, -0.25) is 4.57 Å². The van der Waals surface area contributed by atoms with Crippen molar-refractivity contribution in [3.63, 3.8) is 0 Å². The largest absolute Gasteiger partial charge is 0.486 e. The predicted molar refractivity (Wildman–Crippen MR) is 154 cm³/mol. The highest BCUT2D eigenvalue weighted by Gasteiger charge is 2.17. The van der Waals surface area contributed by atoms with Crippen LogP contribution in [0.25, 0.3) is 5.69 Å². The zero-order valence-corrected chi connectivity index (χ0v) is 22.9. The van der Waals surface area contributed by atoms with E-state index < -0.39 is 0 Å². The van der Waals surface area contributed by atoms with Gasteiger partial charge in [-0.1, -0.05) is 81.1 Å². The van der Waals surface area contributed by atoms with E-state index in [0.29, 0.717) is 28.5 Å². The number of para-hydroxylation sites is 2.